The highest BCUT2D eigenvalue weighted by Crippen LogP contribution is 2.37. The molecule has 2 aliphatic rings. The quantitative estimate of drug-likeness (QED) is 0.527. The van der Waals surface area contributed by atoms with Gasteiger partial charge in [-0.2, -0.15) is 10.2 Å². The number of amides is 1. The van der Waals surface area contributed by atoms with Crippen molar-refractivity contribution >= 4 is 11.7 Å². The van der Waals surface area contributed by atoms with Crippen LogP contribution in [0.3, 0.4) is 0 Å². The van der Waals surface area contributed by atoms with Gasteiger partial charge >= 0.3 is 0 Å². The van der Waals surface area contributed by atoms with Crippen LogP contribution in [-0.2, 0) is 6.54 Å². The van der Waals surface area contributed by atoms with Gasteiger partial charge in [-0.15, -0.1) is 10.2 Å². The van der Waals surface area contributed by atoms with Crippen LogP contribution in [0.4, 0.5) is 5.82 Å². The largest absolute Gasteiger partial charge is 0.309 e. The number of anilines is 1. The SMILES string of the molecule is O=C1c2cc(-c3cccnn3)ccc2CN1c1cccc(-c2nncn2C2CC2)n1. The monoisotopic (exact) mass is 395 g/mol. The predicted molar refractivity (Wildman–Crippen MR) is 110 cm³/mol. The molecule has 1 amide bonds. The molecular formula is C22H17N7O. The number of hydrogen-bond acceptors (Lipinski definition) is 6. The Bertz CT molecular complexity index is 1260. The number of fused-ring (bicyclic) bond motifs is 1. The van der Waals surface area contributed by atoms with Crippen LogP contribution < -0.4 is 4.90 Å². The minimum Gasteiger partial charge on any atom is -0.309 e. The summed E-state index contributed by atoms with van der Waals surface area (Å²) in [5.41, 5.74) is 3.98. The zero-order chi connectivity index (χ0) is 20.1. The summed E-state index contributed by atoms with van der Waals surface area (Å²) in [5.74, 6) is 1.29. The molecule has 0 bridgehead atoms. The predicted octanol–water partition coefficient (Wildman–Crippen LogP) is 3.29. The van der Waals surface area contributed by atoms with Crippen LogP contribution >= 0.6 is 0 Å². The fourth-order valence-electron chi connectivity index (χ4n) is 3.84. The van der Waals surface area contributed by atoms with Gasteiger partial charge in [0.15, 0.2) is 5.82 Å². The second-order valence-corrected chi connectivity index (χ2v) is 7.55. The van der Waals surface area contributed by atoms with Crippen molar-refractivity contribution in [3.8, 4) is 22.8 Å². The van der Waals surface area contributed by atoms with Crippen molar-refractivity contribution in [2.24, 2.45) is 0 Å². The van der Waals surface area contributed by atoms with Crippen molar-refractivity contribution in [1.82, 2.24) is 29.9 Å². The van der Waals surface area contributed by atoms with Crippen LogP contribution in [0.15, 0.2) is 61.1 Å². The summed E-state index contributed by atoms with van der Waals surface area (Å²) >= 11 is 0. The average Bonchev–Trinajstić information content (AvgIpc) is 3.43. The maximum absolute atomic E-state index is 13.2. The smallest absolute Gasteiger partial charge is 0.260 e. The van der Waals surface area contributed by atoms with Crippen molar-refractivity contribution < 1.29 is 4.79 Å². The fraction of sp³-hybridized carbons (Fsp3) is 0.182. The maximum Gasteiger partial charge on any atom is 0.260 e. The lowest BCUT2D eigenvalue weighted by Gasteiger charge is -2.15. The van der Waals surface area contributed by atoms with Gasteiger partial charge < -0.3 is 4.57 Å². The van der Waals surface area contributed by atoms with Gasteiger partial charge in [-0.25, -0.2) is 4.98 Å². The number of nitrogens with zero attached hydrogens (tertiary/aromatic N) is 7. The lowest BCUT2D eigenvalue weighted by Crippen LogP contribution is -2.24. The van der Waals surface area contributed by atoms with E-state index in [2.05, 4.69) is 25.0 Å². The van der Waals surface area contributed by atoms with Crippen LogP contribution in [0, 0.1) is 0 Å². The highest BCUT2D eigenvalue weighted by Gasteiger charge is 2.31. The van der Waals surface area contributed by atoms with Crippen molar-refractivity contribution in [2.45, 2.75) is 25.4 Å². The van der Waals surface area contributed by atoms with Gasteiger partial charge in [-0.1, -0.05) is 18.2 Å². The number of carbonyl (C=O) groups is 1. The first kappa shape index (κ1) is 17.0. The summed E-state index contributed by atoms with van der Waals surface area (Å²) in [5, 5.41) is 16.4. The number of carbonyl (C=O) groups excluding carboxylic acids is 1. The summed E-state index contributed by atoms with van der Waals surface area (Å²) in [7, 11) is 0. The van der Waals surface area contributed by atoms with Crippen LogP contribution in [-0.4, -0.2) is 35.9 Å². The van der Waals surface area contributed by atoms with Gasteiger partial charge in [0.1, 0.15) is 17.8 Å². The van der Waals surface area contributed by atoms with Gasteiger partial charge in [-0.05, 0) is 48.7 Å². The second kappa shape index (κ2) is 6.55. The van der Waals surface area contributed by atoms with Crippen molar-refractivity contribution in [3.05, 3.63) is 72.2 Å². The van der Waals surface area contributed by atoms with E-state index in [0.29, 0.717) is 24.0 Å². The van der Waals surface area contributed by atoms with Gasteiger partial charge in [0.05, 0.1) is 12.2 Å². The van der Waals surface area contributed by atoms with E-state index >= 15 is 0 Å². The Morgan fingerprint density at radius 1 is 0.933 bits per heavy atom. The fourth-order valence-corrected chi connectivity index (χ4v) is 3.84. The van der Waals surface area contributed by atoms with E-state index < -0.39 is 0 Å². The molecule has 0 atom stereocenters. The molecule has 1 saturated carbocycles. The molecular weight excluding hydrogens is 378 g/mol. The van der Waals surface area contributed by atoms with Gasteiger partial charge in [0.2, 0.25) is 0 Å². The number of benzene rings is 1. The minimum absolute atomic E-state index is 0.0657. The maximum atomic E-state index is 13.2. The summed E-state index contributed by atoms with van der Waals surface area (Å²) in [6, 6.07) is 15.7. The van der Waals surface area contributed by atoms with Gasteiger partial charge in [0, 0.05) is 23.4 Å². The summed E-state index contributed by atoms with van der Waals surface area (Å²) < 4.78 is 2.07. The summed E-state index contributed by atoms with van der Waals surface area (Å²) in [6.45, 7) is 0.487. The molecule has 146 valence electrons. The topological polar surface area (TPSA) is 89.7 Å². The number of hydrogen-bond donors (Lipinski definition) is 0. The van der Waals surface area contributed by atoms with Gasteiger partial charge in [-0.3, -0.25) is 9.69 Å². The zero-order valence-corrected chi connectivity index (χ0v) is 16.0. The van der Waals surface area contributed by atoms with E-state index in [0.717, 1.165) is 41.2 Å². The van der Waals surface area contributed by atoms with Crippen LogP contribution in [0.25, 0.3) is 22.8 Å². The van der Waals surface area contributed by atoms with Crippen LogP contribution in [0.2, 0.25) is 0 Å². The lowest BCUT2D eigenvalue weighted by molar-refractivity contribution is 0.0996. The van der Waals surface area contributed by atoms with E-state index in [9.17, 15) is 4.79 Å². The van der Waals surface area contributed by atoms with E-state index in [1.807, 2.05) is 48.5 Å². The lowest BCUT2D eigenvalue weighted by atomic mass is 10.0. The molecule has 4 heterocycles. The molecule has 30 heavy (non-hydrogen) atoms. The first-order valence-corrected chi connectivity index (χ1v) is 9.88. The number of rotatable bonds is 4. The highest BCUT2D eigenvalue weighted by molar-refractivity contribution is 6.10. The first-order valence-electron chi connectivity index (χ1n) is 9.88. The van der Waals surface area contributed by atoms with Crippen LogP contribution in [0.5, 0.6) is 0 Å². The van der Waals surface area contributed by atoms with Crippen molar-refractivity contribution in [3.63, 3.8) is 0 Å². The molecule has 0 spiro atoms. The third kappa shape index (κ3) is 2.76. The Morgan fingerprint density at radius 2 is 1.83 bits per heavy atom. The molecule has 0 unspecified atom stereocenters. The first-order chi connectivity index (χ1) is 14.8. The Labute approximate surface area is 172 Å². The molecule has 0 saturated heterocycles. The van der Waals surface area contributed by atoms with Crippen molar-refractivity contribution in [2.75, 3.05) is 4.90 Å². The van der Waals surface area contributed by atoms with Crippen molar-refractivity contribution in [1.29, 1.82) is 0 Å². The molecule has 1 fully saturated rings. The van der Waals surface area contributed by atoms with Crippen LogP contribution in [0.1, 0.15) is 34.8 Å². The molecule has 0 N–H and O–H groups in total. The number of aromatic nitrogens is 6. The molecule has 1 aromatic carbocycles. The summed E-state index contributed by atoms with van der Waals surface area (Å²) in [6.07, 6.45) is 5.66. The zero-order valence-electron chi connectivity index (χ0n) is 16.0. The average molecular weight is 395 g/mol. The molecule has 3 aromatic heterocycles. The third-order valence-corrected chi connectivity index (χ3v) is 5.54. The Morgan fingerprint density at radius 3 is 2.67 bits per heavy atom. The molecule has 1 aliphatic heterocycles. The van der Waals surface area contributed by atoms with E-state index in [4.69, 9.17) is 4.98 Å². The Hall–Kier alpha value is -3.94. The number of pyridine rings is 1. The molecule has 8 heteroatoms. The van der Waals surface area contributed by atoms with E-state index in [1.54, 1.807) is 17.4 Å². The normalized spacial score (nSPS) is 15.5. The summed E-state index contributed by atoms with van der Waals surface area (Å²) in [4.78, 5) is 19.6. The van der Waals surface area contributed by atoms with E-state index in [-0.39, 0.29) is 5.91 Å². The Balaban J connectivity index is 1.34. The molecule has 0 radical (unpaired) electrons. The molecule has 4 aromatic rings. The molecule has 1 aliphatic carbocycles. The second-order valence-electron chi connectivity index (χ2n) is 7.55. The minimum atomic E-state index is -0.0657. The van der Waals surface area contributed by atoms with E-state index in [1.165, 1.54) is 0 Å². The third-order valence-electron chi connectivity index (χ3n) is 5.54. The Kier molecular flexibility index (Phi) is 3.70. The molecule has 8 nitrogen and oxygen atoms in total. The highest BCUT2D eigenvalue weighted by atomic mass is 16.2. The molecule has 6 rings (SSSR count). The van der Waals surface area contributed by atoms with Gasteiger partial charge in [0.25, 0.3) is 5.91 Å². The standard InChI is InChI=1S/C22H17N7O/c30-22-17-11-14(18-4-2-10-23-26-18)6-7-15(17)12-28(22)20-5-1-3-19(25-20)21-27-24-13-29(21)16-8-9-16/h1-7,10-11,13,16H,8-9,12H2.